The first-order valence-electron chi connectivity index (χ1n) is 9.52. The van der Waals surface area contributed by atoms with Crippen LogP contribution in [0.25, 0.3) is 0 Å². The lowest BCUT2D eigenvalue weighted by atomic mass is 10.2. The lowest BCUT2D eigenvalue weighted by Gasteiger charge is -2.24. The van der Waals surface area contributed by atoms with Gasteiger partial charge < -0.3 is 10.6 Å². The normalized spacial score (nSPS) is 17.1. The molecule has 1 saturated heterocycles. The van der Waals surface area contributed by atoms with Crippen LogP contribution in [0.2, 0.25) is 0 Å². The number of nitrogens with zero attached hydrogens (tertiary/aromatic N) is 1. The maximum atomic E-state index is 12.9. The highest BCUT2D eigenvalue weighted by Crippen LogP contribution is 2.26. The fourth-order valence-corrected chi connectivity index (χ4v) is 4.98. The van der Waals surface area contributed by atoms with Crippen LogP contribution in [-0.2, 0) is 19.6 Å². The molecular formula is C21H25N3O4S. The zero-order valence-corrected chi connectivity index (χ0v) is 17.3. The highest BCUT2D eigenvalue weighted by molar-refractivity contribution is 7.89. The SMILES string of the molecule is Cc1ccc(NC(=O)C(=O)NC[C@H]2CCCN2S(=O)(=O)c2ccc(C)cc2)cc1. The number of anilines is 1. The molecule has 154 valence electrons. The Balaban J connectivity index is 1.60. The quantitative estimate of drug-likeness (QED) is 0.732. The summed E-state index contributed by atoms with van der Waals surface area (Å²) in [6.07, 6.45) is 1.34. The van der Waals surface area contributed by atoms with Crippen molar-refractivity contribution < 1.29 is 18.0 Å². The van der Waals surface area contributed by atoms with Crippen molar-refractivity contribution in [3.63, 3.8) is 0 Å². The minimum Gasteiger partial charge on any atom is -0.346 e. The van der Waals surface area contributed by atoms with E-state index in [1.54, 1.807) is 36.4 Å². The molecule has 2 aromatic carbocycles. The predicted octanol–water partition coefficient (Wildman–Crippen LogP) is 2.21. The average molecular weight is 416 g/mol. The van der Waals surface area contributed by atoms with E-state index in [-0.39, 0.29) is 17.5 Å². The van der Waals surface area contributed by atoms with Gasteiger partial charge in [0.1, 0.15) is 0 Å². The number of hydrogen-bond acceptors (Lipinski definition) is 4. The van der Waals surface area contributed by atoms with E-state index < -0.39 is 21.8 Å². The summed E-state index contributed by atoms with van der Waals surface area (Å²) in [7, 11) is -3.64. The molecule has 2 amide bonds. The molecule has 0 saturated carbocycles. The van der Waals surface area contributed by atoms with Crippen LogP contribution in [0.5, 0.6) is 0 Å². The zero-order chi connectivity index (χ0) is 21.0. The molecule has 0 unspecified atom stereocenters. The van der Waals surface area contributed by atoms with Crippen LogP contribution in [0, 0.1) is 13.8 Å². The lowest BCUT2D eigenvalue weighted by Crippen LogP contribution is -2.45. The Kier molecular flexibility index (Phi) is 6.34. The number of aryl methyl sites for hydroxylation is 2. The molecule has 1 atom stereocenters. The Morgan fingerprint density at radius 2 is 1.55 bits per heavy atom. The topological polar surface area (TPSA) is 95.6 Å². The largest absolute Gasteiger partial charge is 0.346 e. The molecule has 1 fully saturated rings. The van der Waals surface area contributed by atoms with E-state index in [2.05, 4.69) is 10.6 Å². The van der Waals surface area contributed by atoms with Crippen molar-refractivity contribution in [2.45, 2.75) is 37.6 Å². The Bertz CT molecular complexity index is 986. The first-order chi connectivity index (χ1) is 13.8. The van der Waals surface area contributed by atoms with Gasteiger partial charge >= 0.3 is 11.8 Å². The number of carbonyl (C=O) groups excluding carboxylic acids is 2. The molecule has 0 aromatic heterocycles. The zero-order valence-electron chi connectivity index (χ0n) is 16.5. The van der Waals surface area contributed by atoms with Crippen molar-refractivity contribution >= 4 is 27.5 Å². The van der Waals surface area contributed by atoms with Crippen LogP contribution in [0.1, 0.15) is 24.0 Å². The average Bonchev–Trinajstić information content (AvgIpc) is 3.17. The lowest BCUT2D eigenvalue weighted by molar-refractivity contribution is -0.136. The van der Waals surface area contributed by atoms with E-state index in [4.69, 9.17) is 0 Å². The van der Waals surface area contributed by atoms with E-state index in [9.17, 15) is 18.0 Å². The molecule has 0 radical (unpaired) electrons. The van der Waals surface area contributed by atoms with Gasteiger partial charge in [0.25, 0.3) is 0 Å². The minimum absolute atomic E-state index is 0.0885. The highest BCUT2D eigenvalue weighted by Gasteiger charge is 2.35. The second-order valence-electron chi connectivity index (χ2n) is 7.26. The van der Waals surface area contributed by atoms with Crippen LogP contribution >= 0.6 is 0 Å². The smallest absolute Gasteiger partial charge is 0.313 e. The molecule has 7 nitrogen and oxygen atoms in total. The summed E-state index contributed by atoms with van der Waals surface area (Å²) in [5.41, 5.74) is 2.55. The minimum atomic E-state index is -3.64. The van der Waals surface area contributed by atoms with Crippen molar-refractivity contribution in [2.24, 2.45) is 0 Å². The van der Waals surface area contributed by atoms with E-state index >= 15 is 0 Å². The maximum absolute atomic E-state index is 12.9. The van der Waals surface area contributed by atoms with Gasteiger partial charge in [-0.3, -0.25) is 9.59 Å². The number of nitrogens with one attached hydrogen (secondary N) is 2. The summed E-state index contributed by atoms with van der Waals surface area (Å²) in [5, 5.41) is 5.10. The van der Waals surface area contributed by atoms with Crippen LogP contribution < -0.4 is 10.6 Å². The van der Waals surface area contributed by atoms with Gasteiger partial charge in [0.2, 0.25) is 10.0 Å². The number of rotatable bonds is 5. The third kappa shape index (κ3) is 5.02. The van der Waals surface area contributed by atoms with Crippen LogP contribution in [0.3, 0.4) is 0 Å². The summed E-state index contributed by atoms with van der Waals surface area (Å²) in [6, 6.07) is 13.4. The second-order valence-corrected chi connectivity index (χ2v) is 9.15. The van der Waals surface area contributed by atoms with Crippen molar-refractivity contribution in [3.05, 3.63) is 59.7 Å². The summed E-state index contributed by atoms with van der Waals surface area (Å²) >= 11 is 0. The Morgan fingerprint density at radius 3 is 2.17 bits per heavy atom. The fraction of sp³-hybridized carbons (Fsp3) is 0.333. The number of amides is 2. The molecule has 2 aromatic rings. The van der Waals surface area contributed by atoms with Gasteiger partial charge in [0.05, 0.1) is 4.90 Å². The van der Waals surface area contributed by atoms with Gasteiger partial charge in [0.15, 0.2) is 0 Å². The molecule has 1 aliphatic rings. The molecule has 3 rings (SSSR count). The van der Waals surface area contributed by atoms with Gasteiger partial charge in [-0.15, -0.1) is 0 Å². The maximum Gasteiger partial charge on any atom is 0.313 e. The van der Waals surface area contributed by atoms with Crippen molar-refractivity contribution in [1.82, 2.24) is 9.62 Å². The molecule has 0 aliphatic carbocycles. The van der Waals surface area contributed by atoms with Gasteiger partial charge in [0, 0.05) is 24.8 Å². The predicted molar refractivity (Wildman–Crippen MR) is 111 cm³/mol. The number of carbonyl (C=O) groups is 2. The molecule has 1 aliphatic heterocycles. The fourth-order valence-electron chi connectivity index (χ4n) is 3.29. The number of benzene rings is 2. The van der Waals surface area contributed by atoms with Crippen molar-refractivity contribution in [3.8, 4) is 0 Å². The van der Waals surface area contributed by atoms with E-state index in [1.165, 1.54) is 4.31 Å². The van der Waals surface area contributed by atoms with Gasteiger partial charge in [-0.1, -0.05) is 35.4 Å². The summed E-state index contributed by atoms with van der Waals surface area (Å²) in [5.74, 6) is -1.56. The van der Waals surface area contributed by atoms with Crippen molar-refractivity contribution in [2.75, 3.05) is 18.4 Å². The molecular weight excluding hydrogens is 390 g/mol. The summed E-state index contributed by atoms with van der Waals surface area (Å²) < 4.78 is 27.3. The molecule has 2 N–H and O–H groups in total. The van der Waals surface area contributed by atoms with Gasteiger partial charge in [-0.25, -0.2) is 8.42 Å². The first kappa shape index (κ1) is 21.0. The van der Waals surface area contributed by atoms with Gasteiger partial charge in [-0.05, 0) is 51.0 Å². The Morgan fingerprint density at radius 1 is 0.966 bits per heavy atom. The van der Waals surface area contributed by atoms with E-state index in [0.717, 1.165) is 11.1 Å². The molecule has 0 bridgehead atoms. The molecule has 29 heavy (non-hydrogen) atoms. The Labute approximate surface area is 171 Å². The third-order valence-corrected chi connectivity index (χ3v) is 6.93. The highest BCUT2D eigenvalue weighted by atomic mass is 32.2. The van der Waals surface area contributed by atoms with E-state index in [1.807, 2.05) is 26.0 Å². The van der Waals surface area contributed by atoms with Gasteiger partial charge in [-0.2, -0.15) is 4.31 Å². The van der Waals surface area contributed by atoms with Crippen LogP contribution in [0.4, 0.5) is 5.69 Å². The van der Waals surface area contributed by atoms with E-state index in [0.29, 0.717) is 25.1 Å². The monoisotopic (exact) mass is 415 g/mol. The van der Waals surface area contributed by atoms with Crippen LogP contribution in [-0.4, -0.2) is 43.7 Å². The third-order valence-electron chi connectivity index (χ3n) is 4.96. The second kappa shape index (κ2) is 8.75. The van der Waals surface area contributed by atoms with Crippen LogP contribution in [0.15, 0.2) is 53.4 Å². The van der Waals surface area contributed by atoms with Crippen molar-refractivity contribution in [1.29, 1.82) is 0 Å². The summed E-state index contributed by atoms with van der Waals surface area (Å²) in [6.45, 7) is 4.31. The molecule has 8 heteroatoms. The number of hydrogen-bond donors (Lipinski definition) is 2. The first-order valence-corrected chi connectivity index (χ1v) is 11.0. The summed E-state index contributed by atoms with van der Waals surface area (Å²) in [4.78, 5) is 24.5. The number of sulfonamides is 1. The standard InChI is InChI=1S/C21H25N3O4S/c1-15-5-9-17(10-6-15)23-21(26)20(25)22-14-18-4-3-13-24(18)29(27,28)19-11-7-16(2)8-12-19/h5-12,18H,3-4,13-14H2,1-2H3,(H,22,25)(H,23,26)/t18-/m1/s1. The Hall–Kier alpha value is -2.71. The molecule has 0 spiro atoms. The molecule has 1 heterocycles.